The molecule has 2 N–H and O–H groups in total. The average Bonchev–Trinajstić information content (AvgIpc) is 3.34. The molecule has 6 nitrogen and oxygen atoms in total. The molecule has 1 atom stereocenters. The quantitative estimate of drug-likeness (QED) is 0.523. The molecule has 3 aromatic rings. The number of rotatable bonds is 5. The van der Waals surface area contributed by atoms with E-state index >= 15 is 0 Å². The van der Waals surface area contributed by atoms with Crippen molar-refractivity contribution in [1.29, 1.82) is 0 Å². The Kier molecular flexibility index (Phi) is 5.29. The fourth-order valence-electron chi connectivity index (χ4n) is 3.77. The first-order chi connectivity index (χ1) is 15.5. The zero-order valence-electron chi connectivity index (χ0n) is 16.9. The zero-order valence-corrected chi connectivity index (χ0v) is 17.7. The third-order valence-electron chi connectivity index (χ3n) is 5.36. The Bertz CT molecular complexity index is 1240. The van der Waals surface area contributed by atoms with E-state index in [1.54, 1.807) is 6.07 Å². The van der Waals surface area contributed by atoms with Crippen molar-refractivity contribution in [2.75, 3.05) is 11.9 Å². The number of hydrogen-bond acceptors (Lipinski definition) is 4. The van der Waals surface area contributed by atoms with Gasteiger partial charge in [0.2, 0.25) is 0 Å². The van der Waals surface area contributed by atoms with Gasteiger partial charge in [0.15, 0.2) is 0 Å². The molecule has 0 bridgehead atoms. The van der Waals surface area contributed by atoms with Crippen molar-refractivity contribution in [3.8, 4) is 11.5 Å². The van der Waals surface area contributed by atoms with E-state index in [0.29, 0.717) is 35.1 Å². The highest BCUT2D eigenvalue weighted by molar-refractivity contribution is 6.34. The molecule has 0 radical (unpaired) electrons. The summed E-state index contributed by atoms with van der Waals surface area (Å²) in [5.74, 6) is 1.15. The van der Waals surface area contributed by atoms with Crippen LogP contribution in [0.15, 0.2) is 66.7 Å². The number of fused-ring (bicyclic) bond motifs is 1. The van der Waals surface area contributed by atoms with Crippen molar-refractivity contribution in [3.05, 3.63) is 88.4 Å². The summed E-state index contributed by atoms with van der Waals surface area (Å²) in [5.41, 5.74) is 4.15. The van der Waals surface area contributed by atoms with Crippen LogP contribution in [0.5, 0.6) is 11.5 Å². The van der Waals surface area contributed by atoms with Crippen LogP contribution < -0.4 is 15.4 Å². The summed E-state index contributed by atoms with van der Waals surface area (Å²) in [7, 11) is 0. The number of ether oxygens (including phenoxy) is 2. The van der Waals surface area contributed by atoms with Gasteiger partial charge in [-0.2, -0.15) is 0 Å². The predicted octanol–water partition coefficient (Wildman–Crippen LogP) is 5.28. The summed E-state index contributed by atoms with van der Waals surface area (Å²) in [5, 5.41) is 6.06. The number of carbonyl (C=O) groups is 2. The number of anilines is 1. The Hall–Kier alpha value is -3.77. The van der Waals surface area contributed by atoms with Gasteiger partial charge in [0, 0.05) is 28.3 Å². The van der Waals surface area contributed by atoms with E-state index in [1.807, 2.05) is 66.7 Å². The number of carbonyl (C=O) groups excluding carboxylic acids is 2. The van der Waals surface area contributed by atoms with Gasteiger partial charge in [0.25, 0.3) is 5.91 Å². The van der Waals surface area contributed by atoms with Crippen molar-refractivity contribution < 1.29 is 19.1 Å². The van der Waals surface area contributed by atoms with Gasteiger partial charge in [0.1, 0.15) is 17.6 Å². The van der Waals surface area contributed by atoms with E-state index in [4.69, 9.17) is 21.1 Å². The SMILES string of the molecule is O=C1NCC(Cc2ccc(Oc3ccc(/C=C4/C(=O)Nc5ccccc54)cc3)cc2Cl)O1. The summed E-state index contributed by atoms with van der Waals surface area (Å²) in [6, 6.07) is 20.6. The molecule has 2 aliphatic heterocycles. The number of hydrogen-bond donors (Lipinski definition) is 2. The molecule has 3 aromatic carbocycles. The van der Waals surface area contributed by atoms with Gasteiger partial charge < -0.3 is 20.1 Å². The lowest BCUT2D eigenvalue weighted by Crippen LogP contribution is -2.17. The van der Waals surface area contributed by atoms with Crippen LogP contribution in [0.1, 0.15) is 16.7 Å². The van der Waals surface area contributed by atoms with E-state index in [2.05, 4.69) is 10.6 Å². The molecule has 32 heavy (non-hydrogen) atoms. The molecule has 160 valence electrons. The highest BCUT2D eigenvalue weighted by Gasteiger charge is 2.24. The first-order valence-corrected chi connectivity index (χ1v) is 10.6. The van der Waals surface area contributed by atoms with Crippen molar-refractivity contribution in [2.45, 2.75) is 12.5 Å². The molecule has 5 rings (SSSR count). The first kappa shape index (κ1) is 20.2. The van der Waals surface area contributed by atoms with E-state index in [1.165, 1.54) is 0 Å². The number of nitrogens with one attached hydrogen (secondary N) is 2. The third kappa shape index (κ3) is 4.18. The summed E-state index contributed by atoms with van der Waals surface area (Å²) < 4.78 is 11.1. The van der Waals surface area contributed by atoms with E-state index in [-0.39, 0.29) is 12.0 Å². The smallest absolute Gasteiger partial charge is 0.407 e. The standard InChI is InChI=1S/C25H19ClN2O4/c26-22-13-18(10-7-16(22)12-19-14-27-25(30)32-19)31-17-8-5-15(6-9-17)11-21-20-3-1-2-4-23(20)28-24(21)29/h1-11,13,19H,12,14H2,(H,27,30)(H,28,29)/b21-11+. The molecule has 1 unspecified atom stereocenters. The normalized spacial score (nSPS) is 18.2. The number of amides is 2. The molecule has 0 saturated carbocycles. The minimum atomic E-state index is -0.400. The van der Waals surface area contributed by atoms with Gasteiger partial charge in [-0.1, -0.05) is 48.0 Å². The minimum absolute atomic E-state index is 0.107. The lowest BCUT2D eigenvalue weighted by molar-refractivity contribution is -0.110. The predicted molar refractivity (Wildman–Crippen MR) is 123 cm³/mol. The van der Waals surface area contributed by atoms with Gasteiger partial charge in [0.05, 0.1) is 6.54 Å². The molecule has 0 aliphatic carbocycles. The number of cyclic esters (lactones) is 1. The first-order valence-electron chi connectivity index (χ1n) is 10.2. The van der Waals surface area contributed by atoms with Crippen LogP contribution in [-0.4, -0.2) is 24.6 Å². The topological polar surface area (TPSA) is 76.7 Å². The molecule has 1 saturated heterocycles. The minimum Gasteiger partial charge on any atom is -0.457 e. The molecule has 1 fully saturated rings. The van der Waals surface area contributed by atoms with Gasteiger partial charge in [-0.15, -0.1) is 0 Å². The summed E-state index contributed by atoms with van der Waals surface area (Å²) in [6.07, 6.45) is 1.78. The van der Waals surface area contributed by atoms with Crippen molar-refractivity contribution in [2.24, 2.45) is 0 Å². The Morgan fingerprint density at radius 2 is 1.81 bits per heavy atom. The maximum Gasteiger partial charge on any atom is 0.407 e. The Balaban J connectivity index is 1.28. The lowest BCUT2D eigenvalue weighted by atomic mass is 10.0. The van der Waals surface area contributed by atoms with Gasteiger partial charge in [-0.3, -0.25) is 4.79 Å². The number of halogens is 1. The van der Waals surface area contributed by atoms with Gasteiger partial charge in [-0.25, -0.2) is 4.79 Å². The van der Waals surface area contributed by atoms with Crippen LogP contribution in [0.2, 0.25) is 5.02 Å². The third-order valence-corrected chi connectivity index (χ3v) is 5.71. The van der Waals surface area contributed by atoms with E-state index < -0.39 is 6.09 Å². The maximum absolute atomic E-state index is 12.3. The second-order valence-electron chi connectivity index (χ2n) is 7.59. The molecular weight excluding hydrogens is 428 g/mol. The monoisotopic (exact) mass is 446 g/mol. The molecule has 2 aliphatic rings. The fraction of sp³-hybridized carbons (Fsp3) is 0.120. The highest BCUT2D eigenvalue weighted by atomic mass is 35.5. The van der Waals surface area contributed by atoms with Crippen molar-refractivity contribution in [1.82, 2.24) is 5.32 Å². The molecular formula is C25H19ClN2O4. The van der Waals surface area contributed by atoms with Crippen LogP contribution in [-0.2, 0) is 16.0 Å². The molecule has 2 amide bonds. The van der Waals surface area contributed by atoms with Crippen LogP contribution >= 0.6 is 11.6 Å². The lowest BCUT2D eigenvalue weighted by Gasteiger charge is -2.11. The van der Waals surface area contributed by atoms with Crippen molar-refractivity contribution >= 4 is 40.9 Å². The molecule has 0 spiro atoms. The summed E-state index contributed by atoms with van der Waals surface area (Å²) in [6.45, 7) is 0.475. The second kappa shape index (κ2) is 8.40. The van der Waals surface area contributed by atoms with Crippen LogP contribution in [0.3, 0.4) is 0 Å². The maximum atomic E-state index is 12.3. The Morgan fingerprint density at radius 1 is 1.03 bits per heavy atom. The second-order valence-corrected chi connectivity index (χ2v) is 8.00. The molecule has 7 heteroatoms. The number of para-hydroxylation sites is 1. The van der Waals surface area contributed by atoms with E-state index in [9.17, 15) is 9.59 Å². The summed E-state index contributed by atoms with van der Waals surface area (Å²) >= 11 is 6.40. The van der Waals surface area contributed by atoms with Crippen LogP contribution in [0.4, 0.5) is 10.5 Å². The van der Waals surface area contributed by atoms with Crippen molar-refractivity contribution in [3.63, 3.8) is 0 Å². The Labute approximate surface area is 189 Å². The van der Waals surface area contributed by atoms with Gasteiger partial charge >= 0.3 is 6.09 Å². The number of benzene rings is 3. The number of alkyl carbamates (subject to hydrolysis) is 1. The average molecular weight is 447 g/mol. The highest BCUT2D eigenvalue weighted by Crippen LogP contribution is 2.33. The summed E-state index contributed by atoms with van der Waals surface area (Å²) in [4.78, 5) is 23.5. The largest absolute Gasteiger partial charge is 0.457 e. The molecule has 0 aromatic heterocycles. The fourth-order valence-corrected chi connectivity index (χ4v) is 4.01. The van der Waals surface area contributed by atoms with Crippen LogP contribution in [0, 0.1) is 0 Å². The van der Waals surface area contributed by atoms with E-state index in [0.717, 1.165) is 22.4 Å². The van der Waals surface area contributed by atoms with Crippen LogP contribution in [0.25, 0.3) is 11.6 Å². The Morgan fingerprint density at radius 3 is 2.56 bits per heavy atom. The molecule has 2 heterocycles. The zero-order chi connectivity index (χ0) is 22.1. The van der Waals surface area contributed by atoms with Gasteiger partial charge in [-0.05, 0) is 47.5 Å².